The first-order chi connectivity index (χ1) is 12.1. The first-order valence-electron chi connectivity index (χ1n) is 6.58. The first kappa shape index (κ1) is 19.9. The zero-order valence-electron chi connectivity index (χ0n) is 12.7. The summed E-state index contributed by atoms with van der Waals surface area (Å²) in [7, 11) is 1.13. The van der Waals surface area contributed by atoms with E-state index in [2.05, 4.69) is 20.3 Å². The van der Waals surface area contributed by atoms with Crippen LogP contribution >= 0.6 is 23.4 Å². The zero-order chi connectivity index (χ0) is 19.5. The number of hydrogen-bond acceptors (Lipinski definition) is 6. The van der Waals surface area contributed by atoms with Crippen LogP contribution in [0.3, 0.4) is 0 Å². The second-order valence-electron chi connectivity index (χ2n) is 4.60. The summed E-state index contributed by atoms with van der Waals surface area (Å²) in [5, 5.41) is 8.47. The SMILES string of the molecule is COC(=O)/C=C1/S/C(=N\N=Cc2cc(C(F)(F)F)cc(Cl)c2F)NC1=O. The highest BCUT2D eigenvalue weighted by atomic mass is 35.5. The molecule has 1 aromatic rings. The van der Waals surface area contributed by atoms with Gasteiger partial charge in [-0.2, -0.15) is 18.3 Å². The monoisotopic (exact) mass is 409 g/mol. The Morgan fingerprint density at radius 3 is 2.69 bits per heavy atom. The van der Waals surface area contributed by atoms with E-state index >= 15 is 0 Å². The van der Waals surface area contributed by atoms with Crippen LogP contribution in [0.15, 0.2) is 33.3 Å². The van der Waals surface area contributed by atoms with Gasteiger partial charge in [0.05, 0.1) is 28.8 Å². The maximum atomic E-state index is 13.8. The van der Waals surface area contributed by atoms with Crippen molar-refractivity contribution in [1.82, 2.24) is 5.32 Å². The van der Waals surface area contributed by atoms with Crippen molar-refractivity contribution in [2.45, 2.75) is 6.18 Å². The van der Waals surface area contributed by atoms with E-state index in [1.165, 1.54) is 0 Å². The number of methoxy groups -OCH3 is 1. The second kappa shape index (κ2) is 7.87. The lowest BCUT2D eigenvalue weighted by atomic mass is 10.1. The molecule has 138 valence electrons. The number of carbonyl (C=O) groups excluding carboxylic acids is 2. The summed E-state index contributed by atoms with van der Waals surface area (Å²) in [4.78, 5) is 22.7. The van der Waals surface area contributed by atoms with Crippen LogP contribution in [0.4, 0.5) is 17.6 Å². The molecule has 0 atom stereocenters. The number of halogens is 5. The summed E-state index contributed by atoms with van der Waals surface area (Å²) in [6.45, 7) is 0. The van der Waals surface area contributed by atoms with Crippen LogP contribution in [0.2, 0.25) is 5.02 Å². The summed E-state index contributed by atoms with van der Waals surface area (Å²) in [6.07, 6.45) is -3.06. The molecule has 0 saturated carbocycles. The molecular formula is C14H8ClF4N3O3S. The maximum Gasteiger partial charge on any atom is 0.416 e. The number of thioether (sulfide) groups is 1. The van der Waals surface area contributed by atoms with E-state index in [0.717, 1.165) is 31.2 Å². The standard InChI is InChI=1S/C14H8ClF4N3O3S/c1-25-10(23)4-9-12(24)21-13(26-9)22-20-5-6-2-7(14(17,18)19)3-8(15)11(6)16/h2-5H,1H3,(H,21,22,24)/b9-4+,20-5?. The van der Waals surface area contributed by atoms with Crippen LogP contribution in [0, 0.1) is 5.82 Å². The topological polar surface area (TPSA) is 80.1 Å². The number of nitrogens with one attached hydrogen (secondary N) is 1. The molecule has 1 amide bonds. The van der Waals surface area contributed by atoms with E-state index in [4.69, 9.17) is 11.6 Å². The summed E-state index contributed by atoms with van der Waals surface area (Å²) in [5.41, 5.74) is -1.68. The van der Waals surface area contributed by atoms with Crippen LogP contribution in [0.25, 0.3) is 0 Å². The second-order valence-corrected chi connectivity index (χ2v) is 6.03. The summed E-state index contributed by atoms with van der Waals surface area (Å²) >= 11 is 6.20. The van der Waals surface area contributed by atoms with Crippen molar-refractivity contribution in [3.63, 3.8) is 0 Å². The van der Waals surface area contributed by atoms with Crippen LogP contribution in [-0.2, 0) is 20.5 Å². The van der Waals surface area contributed by atoms with Gasteiger partial charge in [0.1, 0.15) is 0 Å². The number of nitrogens with zero attached hydrogens (tertiary/aromatic N) is 2. The molecule has 2 rings (SSSR count). The van der Waals surface area contributed by atoms with Gasteiger partial charge in [-0.25, -0.2) is 9.18 Å². The van der Waals surface area contributed by atoms with Crippen LogP contribution in [-0.4, -0.2) is 30.4 Å². The number of benzene rings is 1. The highest BCUT2D eigenvalue weighted by Gasteiger charge is 2.32. The van der Waals surface area contributed by atoms with Gasteiger partial charge in [-0.15, -0.1) is 5.10 Å². The predicted molar refractivity (Wildman–Crippen MR) is 87.3 cm³/mol. The minimum Gasteiger partial charge on any atom is -0.466 e. The number of amidine groups is 1. The molecule has 6 nitrogen and oxygen atoms in total. The van der Waals surface area contributed by atoms with Gasteiger partial charge >= 0.3 is 12.1 Å². The third kappa shape index (κ3) is 4.82. The number of ether oxygens (including phenoxy) is 1. The molecule has 1 heterocycles. The van der Waals surface area contributed by atoms with Gasteiger partial charge in [0.15, 0.2) is 11.0 Å². The van der Waals surface area contributed by atoms with Crippen LogP contribution in [0.1, 0.15) is 11.1 Å². The molecule has 1 fully saturated rings. The largest absolute Gasteiger partial charge is 0.466 e. The summed E-state index contributed by atoms with van der Waals surface area (Å²) in [6, 6.07) is 0.977. The Bertz CT molecular complexity index is 853. The fraction of sp³-hybridized carbons (Fsp3) is 0.143. The fourth-order valence-electron chi connectivity index (χ4n) is 1.65. The van der Waals surface area contributed by atoms with Gasteiger partial charge in [0.2, 0.25) is 0 Å². The van der Waals surface area contributed by atoms with Crippen LogP contribution in [0.5, 0.6) is 0 Å². The van der Waals surface area contributed by atoms with Crippen molar-refractivity contribution in [3.05, 3.63) is 45.1 Å². The number of rotatable bonds is 3. The van der Waals surface area contributed by atoms with Gasteiger partial charge in [-0.05, 0) is 23.9 Å². The number of alkyl halides is 3. The maximum absolute atomic E-state index is 13.8. The first-order valence-corrected chi connectivity index (χ1v) is 7.77. The van der Waals surface area contributed by atoms with E-state index in [1.807, 2.05) is 0 Å². The van der Waals surface area contributed by atoms with E-state index < -0.39 is 40.0 Å². The Balaban J connectivity index is 2.22. The van der Waals surface area contributed by atoms with Gasteiger partial charge in [-0.3, -0.25) is 10.1 Å². The van der Waals surface area contributed by atoms with Gasteiger partial charge in [0.25, 0.3) is 5.91 Å². The minimum atomic E-state index is -4.71. The third-order valence-electron chi connectivity index (χ3n) is 2.83. The lowest BCUT2D eigenvalue weighted by Crippen LogP contribution is -2.19. The molecule has 1 aliphatic heterocycles. The van der Waals surface area contributed by atoms with Crippen molar-refractivity contribution in [3.8, 4) is 0 Å². The Morgan fingerprint density at radius 2 is 2.08 bits per heavy atom. The molecule has 1 N–H and O–H groups in total. The van der Waals surface area contributed by atoms with Gasteiger partial charge < -0.3 is 4.74 Å². The van der Waals surface area contributed by atoms with Crippen molar-refractivity contribution >= 4 is 46.6 Å². The average Bonchev–Trinajstić information content (AvgIpc) is 2.89. The molecule has 0 spiro atoms. The Morgan fingerprint density at radius 1 is 1.38 bits per heavy atom. The molecule has 0 unspecified atom stereocenters. The number of carbonyl (C=O) groups is 2. The smallest absolute Gasteiger partial charge is 0.416 e. The molecule has 26 heavy (non-hydrogen) atoms. The quantitative estimate of drug-likeness (QED) is 0.273. The highest BCUT2D eigenvalue weighted by Crippen LogP contribution is 2.33. The number of esters is 1. The molecule has 0 aliphatic carbocycles. The Hall–Kier alpha value is -2.40. The summed E-state index contributed by atoms with van der Waals surface area (Å²) < 4.78 is 56.3. The zero-order valence-corrected chi connectivity index (χ0v) is 14.3. The Kier molecular flexibility index (Phi) is 6.03. The number of hydrogen-bond donors (Lipinski definition) is 1. The Labute approximate surface area is 152 Å². The molecule has 12 heteroatoms. The summed E-state index contributed by atoms with van der Waals surface area (Å²) in [5.74, 6) is -2.49. The van der Waals surface area contributed by atoms with Gasteiger partial charge in [-0.1, -0.05) is 11.6 Å². The molecule has 0 aromatic heterocycles. The molecule has 1 saturated heterocycles. The van der Waals surface area contributed by atoms with E-state index in [1.54, 1.807) is 0 Å². The lowest BCUT2D eigenvalue weighted by molar-refractivity contribution is -0.137. The molecule has 1 aliphatic rings. The van der Waals surface area contributed by atoms with E-state index in [0.29, 0.717) is 12.1 Å². The molecule has 0 radical (unpaired) electrons. The van der Waals surface area contributed by atoms with Crippen molar-refractivity contribution in [2.75, 3.05) is 7.11 Å². The van der Waals surface area contributed by atoms with Crippen molar-refractivity contribution in [1.29, 1.82) is 0 Å². The van der Waals surface area contributed by atoms with E-state index in [-0.39, 0.29) is 10.1 Å². The molecular weight excluding hydrogens is 402 g/mol. The lowest BCUT2D eigenvalue weighted by Gasteiger charge is -2.08. The van der Waals surface area contributed by atoms with E-state index in [9.17, 15) is 27.2 Å². The third-order valence-corrected chi connectivity index (χ3v) is 4.01. The van der Waals surface area contributed by atoms with Crippen LogP contribution < -0.4 is 5.32 Å². The average molecular weight is 410 g/mol. The highest BCUT2D eigenvalue weighted by molar-refractivity contribution is 8.18. The molecule has 1 aromatic carbocycles. The van der Waals surface area contributed by atoms with Crippen molar-refractivity contribution in [2.24, 2.45) is 10.2 Å². The van der Waals surface area contributed by atoms with Gasteiger partial charge in [0, 0.05) is 11.6 Å². The predicted octanol–water partition coefficient (Wildman–Crippen LogP) is 3.11. The minimum absolute atomic E-state index is 0.0147. The fourth-order valence-corrected chi connectivity index (χ4v) is 2.62. The van der Waals surface area contributed by atoms with Crippen molar-refractivity contribution < 1.29 is 31.9 Å². The molecule has 0 bridgehead atoms. The normalized spacial score (nSPS) is 18.0. The number of amides is 1.